The van der Waals surface area contributed by atoms with Crippen molar-refractivity contribution in [2.75, 3.05) is 6.54 Å². The lowest BCUT2D eigenvalue weighted by molar-refractivity contribution is 0.560. The Morgan fingerprint density at radius 3 is 2.89 bits per heavy atom. The SMILES string of the molecule is CC(NCCC1=CCCCC1)c1ccc(F)c(Cl)c1. The van der Waals surface area contributed by atoms with E-state index in [4.69, 9.17) is 11.6 Å². The fourth-order valence-corrected chi connectivity index (χ4v) is 2.67. The van der Waals surface area contributed by atoms with Crippen LogP contribution in [-0.4, -0.2) is 6.54 Å². The smallest absolute Gasteiger partial charge is 0.141 e. The van der Waals surface area contributed by atoms with Gasteiger partial charge in [-0.1, -0.05) is 29.3 Å². The first-order valence-electron chi connectivity index (χ1n) is 7.03. The molecule has 1 aliphatic rings. The van der Waals surface area contributed by atoms with Crippen molar-refractivity contribution in [2.24, 2.45) is 0 Å². The first-order chi connectivity index (χ1) is 9.16. The summed E-state index contributed by atoms with van der Waals surface area (Å²) in [6.45, 7) is 3.04. The Balaban J connectivity index is 1.81. The zero-order valence-corrected chi connectivity index (χ0v) is 12.1. The molecule has 0 heterocycles. The van der Waals surface area contributed by atoms with E-state index < -0.39 is 0 Å². The molecule has 1 aromatic carbocycles. The van der Waals surface area contributed by atoms with E-state index in [-0.39, 0.29) is 16.9 Å². The van der Waals surface area contributed by atoms with Crippen LogP contribution in [0.3, 0.4) is 0 Å². The summed E-state index contributed by atoms with van der Waals surface area (Å²) >= 11 is 5.80. The molecule has 0 fully saturated rings. The first-order valence-corrected chi connectivity index (χ1v) is 7.41. The van der Waals surface area contributed by atoms with Crippen LogP contribution < -0.4 is 5.32 Å². The van der Waals surface area contributed by atoms with Crippen molar-refractivity contribution in [3.63, 3.8) is 0 Å². The molecule has 1 unspecified atom stereocenters. The highest BCUT2D eigenvalue weighted by Crippen LogP contribution is 2.22. The summed E-state index contributed by atoms with van der Waals surface area (Å²) in [6.07, 6.45) is 8.64. The number of benzene rings is 1. The average molecular weight is 282 g/mol. The summed E-state index contributed by atoms with van der Waals surface area (Å²) in [6, 6.07) is 5.12. The van der Waals surface area contributed by atoms with E-state index in [0.29, 0.717) is 0 Å². The van der Waals surface area contributed by atoms with Crippen LogP contribution in [-0.2, 0) is 0 Å². The standard InChI is InChI=1S/C16H21ClFN/c1-12(14-7-8-16(18)15(17)11-14)19-10-9-13-5-3-2-4-6-13/h5,7-8,11-12,19H,2-4,6,9-10H2,1H3. The normalized spacial score (nSPS) is 17.1. The number of hydrogen-bond acceptors (Lipinski definition) is 1. The van der Waals surface area contributed by atoms with Crippen molar-refractivity contribution in [1.82, 2.24) is 5.32 Å². The molecule has 1 nitrogen and oxygen atoms in total. The highest BCUT2D eigenvalue weighted by Gasteiger charge is 2.08. The van der Waals surface area contributed by atoms with Crippen LogP contribution in [0.15, 0.2) is 29.8 Å². The van der Waals surface area contributed by atoms with Gasteiger partial charge in [0.25, 0.3) is 0 Å². The Kier molecular flexibility index (Phi) is 5.41. The molecule has 19 heavy (non-hydrogen) atoms. The Morgan fingerprint density at radius 1 is 1.37 bits per heavy atom. The van der Waals surface area contributed by atoms with Crippen molar-refractivity contribution >= 4 is 11.6 Å². The first kappa shape index (κ1) is 14.5. The zero-order chi connectivity index (χ0) is 13.7. The van der Waals surface area contributed by atoms with Gasteiger partial charge in [-0.05, 0) is 63.3 Å². The minimum atomic E-state index is -0.357. The van der Waals surface area contributed by atoms with Crippen LogP contribution in [0.4, 0.5) is 4.39 Å². The lowest BCUT2D eigenvalue weighted by Crippen LogP contribution is -2.20. The van der Waals surface area contributed by atoms with Crippen molar-refractivity contribution in [3.05, 3.63) is 46.3 Å². The van der Waals surface area contributed by atoms with E-state index in [2.05, 4.69) is 18.3 Å². The van der Waals surface area contributed by atoms with Crippen LogP contribution in [0.5, 0.6) is 0 Å². The molecule has 1 atom stereocenters. The van der Waals surface area contributed by atoms with Gasteiger partial charge in [0.1, 0.15) is 5.82 Å². The van der Waals surface area contributed by atoms with Gasteiger partial charge in [-0.3, -0.25) is 0 Å². The Bertz CT molecular complexity index is 456. The van der Waals surface area contributed by atoms with Gasteiger partial charge in [0.15, 0.2) is 0 Å². The Hall–Kier alpha value is -0.860. The molecule has 1 aliphatic carbocycles. The predicted molar refractivity (Wildman–Crippen MR) is 79.0 cm³/mol. The number of allylic oxidation sites excluding steroid dienone is 1. The monoisotopic (exact) mass is 281 g/mol. The summed E-state index contributed by atoms with van der Waals surface area (Å²) in [4.78, 5) is 0. The lowest BCUT2D eigenvalue weighted by atomic mass is 9.97. The summed E-state index contributed by atoms with van der Waals surface area (Å²) in [5.41, 5.74) is 2.60. The largest absolute Gasteiger partial charge is 0.310 e. The fourth-order valence-electron chi connectivity index (χ4n) is 2.48. The van der Waals surface area contributed by atoms with Crippen LogP contribution in [0.25, 0.3) is 0 Å². The van der Waals surface area contributed by atoms with Crippen LogP contribution in [0.2, 0.25) is 5.02 Å². The molecule has 1 N–H and O–H groups in total. The van der Waals surface area contributed by atoms with Gasteiger partial charge in [0.05, 0.1) is 5.02 Å². The Labute approximate surface area is 119 Å². The average Bonchev–Trinajstić information content (AvgIpc) is 2.43. The number of halogens is 2. The molecule has 0 aromatic heterocycles. The summed E-state index contributed by atoms with van der Waals surface area (Å²) < 4.78 is 13.1. The molecule has 3 heteroatoms. The maximum atomic E-state index is 13.1. The van der Waals surface area contributed by atoms with Crippen LogP contribution >= 0.6 is 11.6 Å². The number of nitrogens with one attached hydrogen (secondary N) is 1. The predicted octanol–water partition coefficient (Wildman–Crippen LogP) is 5.02. The van der Waals surface area contributed by atoms with E-state index in [1.165, 1.54) is 31.7 Å². The second-order valence-electron chi connectivity index (χ2n) is 5.21. The lowest BCUT2D eigenvalue weighted by Gasteiger charge is -2.17. The molecule has 0 saturated carbocycles. The molecular weight excluding hydrogens is 261 g/mol. The fraction of sp³-hybridized carbons (Fsp3) is 0.500. The van der Waals surface area contributed by atoms with Gasteiger partial charge in [-0.15, -0.1) is 0 Å². The molecular formula is C16H21ClFN. The number of rotatable bonds is 5. The molecule has 1 aromatic rings. The number of hydrogen-bond donors (Lipinski definition) is 1. The molecule has 0 amide bonds. The van der Waals surface area contributed by atoms with Crippen molar-refractivity contribution in [1.29, 1.82) is 0 Å². The molecule has 0 radical (unpaired) electrons. The summed E-state index contributed by atoms with van der Waals surface area (Å²) in [5, 5.41) is 3.67. The highest BCUT2D eigenvalue weighted by molar-refractivity contribution is 6.30. The topological polar surface area (TPSA) is 12.0 Å². The highest BCUT2D eigenvalue weighted by atomic mass is 35.5. The van der Waals surface area contributed by atoms with Crippen LogP contribution in [0.1, 0.15) is 50.6 Å². The van der Waals surface area contributed by atoms with E-state index in [9.17, 15) is 4.39 Å². The molecule has 2 rings (SSSR count). The zero-order valence-electron chi connectivity index (χ0n) is 11.4. The van der Waals surface area contributed by atoms with Crippen molar-refractivity contribution in [3.8, 4) is 0 Å². The molecule has 0 bridgehead atoms. The molecule has 0 aliphatic heterocycles. The Morgan fingerprint density at radius 2 is 2.21 bits per heavy atom. The third-order valence-corrected chi connectivity index (χ3v) is 4.01. The molecule has 0 spiro atoms. The third kappa shape index (κ3) is 4.32. The van der Waals surface area contributed by atoms with E-state index in [1.807, 2.05) is 0 Å². The summed E-state index contributed by atoms with van der Waals surface area (Å²) in [5.74, 6) is -0.357. The van der Waals surface area contributed by atoms with Gasteiger partial charge in [-0.25, -0.2) is 4.39 Å². The van der Waals surface area contributed by atoms with Crippen molar-refractivity contribution < 1.29 is 4.39 Å². The van der Waals surface area contributed by atoms with E-state index >= 15 is 0 Å². The second kappa shape index (κ2) is 7.06. The minimum absolute atomic E-state index is 0.195. The van der Waals surface area contributed by atoms with Gasteiger partial charge in [-0.2, -0.15) is 0 Å². The maximum absolute atomic E-state index is 13.1. The van der Waals surface area contributed by atoms with Crippen molar-refractivity contribution in [2.45, 2.75) is 45.1 Å². The van der Waals surface area contributed by atoms with Crippen LogP contribution in [0, 0.1) is 5.82 Å². The van der Waals surface area contributed by atoms with Gasteiger partial charge < -0.3 is 5.32 Å². The molecule has 104 valence electrons. The second-order valence-corrected chi connectivity index (χ2v) is 5.61. The summed E-state index contributed by atoms with van der Waals surface area (Å²) in [7, 11) is 0. The van der Waals surface area contributed by atoms with E-state index in [0.717, 1.165) is 18.5 Å². The van der Waals surface area contributed by atoms with Gasteiger partial charge >= 0.3 is 0 Å². The maximum Gasteiger partial charge on any atom is 0.141 e. The quantitative estimate of drug-likeness (QED) is 0.747. The third-order valence-electron chi connectivity index (χ3n) is 3.73. The molecule has 0 saturated heterocycles. The minimum Gasteiger partial charge on any atom is -0.310 e. The van der Waals surface area contributed by atoms with Gasteiger partial charge in [0, 0.05) is 6.04 Å². The van der Waals surface area contributed by atoms with Gasteiger partial charge in [0.2, 0.25) is 0 Å². The van der Waals surface area contributed by atoms with E-state index in [1.54, 1.807) is 17.7 Å².